The van der Waals surface area contributed by atoms with Crippen LogP contribution >= 0.6 is 0 Å². The average Bonchev–Trinajstić information content (AvgIpc) is 3.00. The average molecular weight is 273 g/mol. The lowest BCUT2D eigenvalue weighted by atomic mass is 9.82. The molecule has 0 radical (unpaired) electrons. The number of nitrogens with zero attached hydrogens (tertiary/aromatic N) is 2. The Labute approximate surface area is 122 Å². The summed E-state index contributed by atoms with van der Waals surface area (Å²) in [6, 6.07) is 4.47. The van der Waals surface area contributed by atoms with E-state index in [1.165, 1.54) is 63.6 Å². The first-order chi connectivity index (χ1) is 9.81. The number of pyridine rings is 1. The zero-order valence-corrected chi connectivity index (χ0v) is 12.4. The van der Waals surface area contributed by atoms with Crippen molar-refractivity contribution in [3.05, 3.63) is 30.1 Å². The molecule has 1 saturated carbocycles. The molecule has 1 aliphatic carbocycles. The fraction of sp³-hybridized carbons (Fsp3) is 0.706. The monoisotopic (exact) mass is 273 g/mol. The molecule has 3 rings (SSSR count). The first-order valence-electron chi connectivity index (χ1n) is 8.21. The fourth-order valence-corrected chi connectivity index (χ4v) is 4.21. The SMILES string of the molecule is NC(Cc1ccncc1)C1(N2CCCCC2)CCCC1. The lowest BCUT2D eigenvalue weighted by Gasteiger charge is -2.47. The molecule has 0 spiro atoms. The number of hydrogen-bond acceptors (Lipinski definition) is 3. The minimum atomic E-state index is 0.255. The van der Waals surface area contributed by atoms with E-state index in [0.717, 1.165) is 6.42 Å². The van der Waals surface area contributed by atoms with E-state index in [-0.39, 0.29) is 11.6 Å². The minimum Gasteiger partial charge on any atom is -0.326 e. The molecule has 2 N–H and O–H groups in total. The number of aromatic nitrogens is 1. The van der Waals surface area contributed by atoms with Gasteiger partial charge in [-0.3, -0.25) is 9.88 Å². The molecule has 20 heavy (non-hydrogen) atoms. The van der Waals surface area contributed by atoms with E-state index in [2.05, 4.69) is 22.0 Å². The van der Waals surface area contributed by atoms with E-state index < -0.39 is 0 Å². The van der Waals surface area contributed by atoms with E-state index in [9.17, 15) is 0 Å². The third kappa shape index (κ3) is 2.75. The fourth-order valence-electron chi connectivity index (χ4n) is 4.21. The zero-order chi connectivity index (χ0) is 13.8. The molecule has 0 amide bonds. The van der Waals surface area contributed by atoms with Crippen molar-refractivity contribution in [2.45, 2.75) is 62.9 Å². The first kappa shape index (κ1) is 14.0. The Kier molecular flexibility index (Phi) is 4.37. The minimum absolute atomic E-state index is 0.255. The van der Waals surface area contributed by atoms with Gasteiger partial charge >= 0.3 is 0 Å². The van der Waals surface area contributed by atoms with Crippen molar-refractivity contribution >= 4 is 0 Å². The largest absolute Gasteiger partial charge is 0.326 e. The van der Waals surface area contributed by atoms with Crippen molar-refractivity contribution in [2.24, 2.45) is 5.73 Å². The Morgan fingerprint density at radius 2 is 1.70 bits per heavy atom. The van der Waals surface area contributed by atoms with Crippen LogP contribution in [0.4, 0.5) is 0 Å². The summed E-state index contributed by atoms with van der Waals surface area (Å²) < 4.78 is 0. The molecule has 2 heterocycles. The predicted molar refractivity (Wildman–Crippen MR) is 82.5 cm³/mol. The standard InChI is InChI=1S/C17H27N3/c18-16(14-15-6-10-19-11-7-15)17(8-2-3-9-17)20-12-4-1-5-13-20/h6-7,10-11,16H,1-5,8-9,12-14,18H2. The molecule has 1 aromatic heterocycles. The van der Waals surface area contributed by atoms with Gasteiger partial charge in [-0.25, -0.2) is 0 Å². The van der Waals surface area contributed by atoms with Gasteiger partial charge in [-0.05, 0) is 62.9 Å². The van der Waals surface area contributed by atoms with Crippen molar-refractivity contribution < 1.29 is 0 Å². The maximum atomic E-state index is 6.71. The van der Waals surface area contributed by atoms with Gasteiger partial charge in [0.25, 0.3) is 0 Å². The van der Waals surface area contributed by atoms with Gasteiger partial charge in [0.1, 0.15) is 0 Å². The molecular weight excluding hydrogens is 246 g/mol. The molecule has 0 bridgehead atoms. The third-order valence-corrected chi connectivity index (χ3v) is 5.35. The number of hydrogen-bond donors (Lipinski definition) is 1. The summed E-state index contributed by atoms with van der Waals surface area (Å²) in [5.41, 5.74) is 8.31. The van der Waals surface area contributed by atoms with Gasteiger partial charge in [-0.1, -0.05) is 19.3 Å². The summed E-state index contributed by atoms with van der Waals surface area (Å²) in [5.74, 6) is 0. The number of piperidine rings is 1. The van der Waals surface area contributed by atoms with Crippen LogP contribution < -0.4 is 5.73 Å². The molecule has 2 fully saturated rings. The Bertz CT molecular complexity index is 406. The number of nitrogens with two attached hydrogens (primary N) is 1. The highest BCUT2D eigenvalue weighted by Crippen LogP contribution is 2.39. The number of likely N-dealkylation sites (tertiary alicyclic amines) is 1. The molecule has 1 aliphatic heterocycles. The summed E-state index contributed by atoms with van der Waals surface area (Å²) in [7, 11) is 0. The molecule has 1 atom stereocenters. The Morgan fingerprint density at radius 3 is 2.35 bits per heavy atom. The molecule has 1 unspecified atom stereocenters. The smallest absolute Gasteiger partial charge is 0.0363 e. The van der Waals surface area contributed by atoms with Gasteiger partial charge in [0.2, 0.25) is 0 Å². The van der Waals surface area contributed by atoms with Crippen LogP contribution in [0.1, 0.15) is 50.5 Å². The normalized spacial score (nSPS) is 24.6. The molecule has 3 nitrogen and oxygen atoms in total. The molecule has 0 aromatic carbocycles. The van der Waals surface area contributed by atoms with Crippen molar-refractivity contribution in [1.82, 2.24) is 9.88 Å². The van der Waals surface area contributed by atoms with E-state index in [1.54, 1.807) is 0 Å². The van der Waals surface area contributed by atoms with E-state index >= 15 is 0 Å². The second-order valence-corrected chi connectivity index (χ2v) is 6.52. The van der Waals surface area contributed by atoms with Crippen LogP contribution in [0.5, 0.6) is 0 Å². The van der Waals surface area contributed by atoms with Crippen LogP contribution in [-0.2, 0) is 6.42 Å². The molecule has 2 aliphatic rings. The van der Waals surface area contributed by atoms with Gasteiger partial charge in [0, 0.05) is 24.0 Å². The first-order valence-corrected chi connectivity index (χ1v) is 8.21. The van der Waals surface area contributed by atoms with E-state index in [4.69, 9.17) is 5.73 Å². The third-order valence-electron chi connectivity index (χ3n) is 5.35. The lowest BCUT2D eigenvalue weighted by molar-refractivity contribution is 0.0482. The topological polar surface area (TPSA) is 42.1 Å². The Morgan fingerprint density at radius 1 is 1.05 bits per heavy atom. The molecule has 1 aromatic rings. The summed E-state index contributed by atoms with van der Waals surface area (Å²) in [4.78, 5) is 6.84. The Balaban J connectivity index is 1.75. The quantitative estimate of drug-likeness (QED) is 0.917. The van der Waals surface area contributed by atoms with Gasteiger partial charge in [-0.2, -0.15) is 0 Å². The summed E-state index contributed by atoms with van der Waals surface area (Å²) in [6.07, 6.45) is 14.1. The zero-order valence-electron chi connectivity index (χ0n) is 12.4. The molecule has 110 valence electrons. The predicted octanol–water partition coefficient (Wildman–Crippen LogP) is 2.75. The van der Waals surface area contributed by atoms with Gasteiger partial charge in [0.15, 0.2) is 0 Å². The maximum Gasteiger partial charge on any atom is 0.0363 e. The van der Waals surface area contributed by atoms with Crippen molar-refractivity contribution in [2.75, 3.05) is 13.1 Å². The molecular formula is C17H27N3. The van der Waals surface area contributed by atoms with Crippen molar-refractivity contribution in [3.8, 4) is 0 Å². The van der Waals surface area contributed by atoms with Gasteiger partial charge in [0.05, 0.1) is 0 Å². The van der Waals surface area contributed by atoms with Crippen LogP contribution in [0.25, 0.3) is 0 Å². The van der Waals surface area contributed by atoms with Crippen LogP contribution in [-0.4, -0.2) is 34.6 Å². The van der Waals surface area contributed by atoms with Gasteiger partial charge < -0.3 is 5.73 Å². The van der Waals surface area contributed by atoms with Crippen LogP contribution in [0.2, 0.25) is 0 Å². The second kappa shape index (κ2) is 6.23. The van der Waals surface area contributed by atoms with E-state index in [0.29, 0.717) is 0 Å². The van der Waals surface area contributed by atoms with Crippen LogP contribution in [0.3, 0.4) is 0 Å². The highest BCUT2D eigenvalue weighted by Gasteiger charge is 2.44. The maximum absolute atomic E-state index is 6.71. The molecule has 1 saturated heterocycles. The number of rotatable bonds is 4. The van der Waals surface area contributed by atoms with Gasteiger partial charge in [-0.15, -0.1) is 0 Å². The Hall–Kier alpha value is -0.930. The second-order valence-electron chi connectivity index (χ2n) is 6.52. The van der Waals surface area contributed by atoms with Crippen LogP contribution in [0, 0.1) is 0 Å². The highest BCUT2D eigenvalue weighted by molar-refractivity contribution is 5.15. The van der Waals surface area contributed by atoms with Crippen LogP contribution in [0.15, 0.2) is 24.5 Å². The van der Waals surface area contributed by atoms with Crippen molar-refractivity contribution in [3.63, 3.8) is 0 Å². The summed E-state index contributed by atoms with van der Waals surface area (Å²) in [6.45, 7) is 2.51. The summed E-state index contributed by atoms with van der Waals surface area (Å²) >= 11 is 0. The molecule has 3 heteroatoms. The van der Waals surface area contributed by atoms with Crippen molar-refractivity contribution in [1.29, 1.82) is 0 Å². The summed E-state index contributed by atoms with van der Waals surface area (Å²) in [5, 5.41) is 0. The lowest BCUT2D eigenvalue weighted by Crippen LogP contribution is -2.60. The highest BCUT2D eigenvalue weighted by atomic mass is 15.2. The van der Waals surface area contributed by atoms with E-state index in [1.807, 2.05) is 12.4 Å².